The van der Waals surface area contributed by atoms with E-state index in [1.807, 2.05) is 42.1 Å². The number of imidazole rings is 1. The van der Waals surface area contributed by atoms with Crippen molar-refractivity contribution in [3.63, 3.8) is 0 Å². The molecule has 6 heteroatoms. The minimum atomic E-state index is -0.235. The molecule has 0 saturated carbocycles. The van der Waals surface area contributed by atoms with Crippen molar-refractivity contribution in [3.8, 4) is 11.4 Å². The molecule has 2 aromatic heterocycles. The first kappa shape index (κ1) is 14.3. The molecule has 0 saturated heterocycles. The Morgan fingerprint density at radius 1 is 1.18 bits per heavy atom. The molecular weight excluding hydrogens is 300 g/mol. The SMILES string of the molecule is Cn1ccnc1-c1cccc(NC(=O)c2ccnc(Cl)c2)c1. The molecule has 0 bridgehead atoms. The molecule has 1 amide bonds. The average Bonchev–Trinajstić information content (AvgIpc) is 2.94. The van der Waals surface area contributed by atoms with Crippen LogP contribution in [0.25, 0.3) is 11.4 Å². The zero-order chi connectivity index (χ0) is 15.5. The molecule has 5 nitrogen and oxygen atoms in total. The van der Waals surface area contributed by atoms with Crippen LogP contribution in [0.4, 0.5) is 5.69 Å². The van der Waals surface area contributed by atoms with Crippen LogP contribution < -0.4 is 5.32 Å². The summed E-state index contributed by atoms with van der Waals surface area (Å²) in [6, 6.07) is 10.7. The van der Waals surface area contributed by atoms with Gasteiger partial charge in [0, 0.05) is 42.5 Å². The summed E-state index contributed by atoms with van der Waals surface area (Å²) in [6.45, 7) is 0. The number of carbonyl (C=O) groups is 1. The first-order valence-corrected chi connectivity index (χ1v) is 7.02. The van der Waals surface area contributed by atoms with Crippen molar-refractivity contribution in [1.29, 1.82) is 0 Å². The number of anilines is 1. The quantitative estimate of drug-likeness (QED) is 0.754. The van der Waals surface area contributed by atoms with Gasteiger partial charge in [-0.05, 0) is 24.3 Å². The lowest BCUT2D eigenvalue weighted by Crippen LogP contribution is -2.12. The minimum absolute atomic E-state index is 0.235. The first-order valence-electron chi connectivity index (χ1n) is 6.64. The highest BCUT2D eigenvalue weighted by atomic mass is 35.5. The molecule has 22 heavy (non-hydrogen) atoms. The van der Waals surface area contributed by atoms with Crippen LogP contribution in [0.5, 0.6) is 0 Å². The second-order valence-electron chi connectivity index (χ2n) is 4.76. The van der Waals surface area contributed by atoms with Crippen molar-refractivity contribution in [3.05, 3.63) is 65.7 Å². The van der Waals surface area contributed by atoms with E-state index in [9.17, 15) is 4.79 Å². The van der Waals surface area contributed by atoms with Gasteiger partial charge in [0.15, 0.2) is 0 Å². The van der Waals surface area contributed by atoms with Crippen molar-refractivity contribution in [2.75, 3.05) is 5.32 Å². The number of aryl methyl sites for hydroxylation is 1. The lowest BCUT2D eigenvalue weighted by atomic mass is 10.1. The predicted molar refractivity (Wildman–Crippen MR) is 85.8 cm³/mol. The zero-order valence-electron chi connectivity index (χ0n) is 11.8. The van der Waals surface area contributed by atoms with Crippen LogP contribution in [0.2, 0.25) is 5.15 Å². The lowest BCUT2D eigenvalue weighted by Gasteiger charge is -2.08. The molecule has 1 aromatic carbocycles. The molecule has 0 fully saturated rings. The van der Waals surface area contributed by atoms with Gasteiger partial charge in [-0.25, -0.2) is 9.97 Å². The maximum Gasteiger partial charge on any atom is 0.255 e. The van der Waals surface area contributed by atoms with Crippen molar-refractivity contribution < 1.29 is 4.79 Å². The van der Waals surface area contributed by atoms with Crippen LogP contribution >= 0.6 is 11.6 Å². The third-order valence-corrected chi connectivity index (χ3v) is 3.40. The van der Waals surface area contributed by atoms with Crippen LogP contribution in [0.3, 0.4) is 0 Å². The standard InChI is InChI=1S/C16H13ClN4O/c1-21-8-7-19-15(21)11-3-2-4-13(9-11)20-16(22)12-5-6-18-14(17)10-12/h2-10H,1H3,(H,20,22). The third-order valence-electron chi connectivity index (χ3n) is 3.19. The predicted octanol–water partition coefficient (Wildman–Crippen LogP) is 3.39. The Morgan fingerprint density at radius 3 is 2.77 bits per heavy atom. The molecule has 110 valence electrons. The summed E-state index contributed by atoms with van der Waals surface area (Å²) < 4.78 is 1.92. The number of nitrogens with zero attached hydrogens (tertiary/aromatic N) is 3. The van der Waals surface area contributed by atoms with E-state index < -0.39 is 0 Å². The van der Waals surface area contributed by atoms with Gasteiger partial charge in [-0.3, -0.25) is 4.79 Å². The van der Waals surface area contributed by atoms with E-state index in [0.717, 1.165) is 11.4 Å². The average molecular weight is 313 g/mol. The van der Waals surface area contributed by atoms with Crippen LogP contribution in [-0.2, 0) is 7.05 Å². The topological polar surface area (TPSA) is 59.8 Å². The molecule has 1 N–H and O–H groups in total. The Bertz CT molecular complexity index is 828. The fourth-order valence-corrected chi connectivity index (χ4v) is 2.30. The molecule has 0 radical (unpaired) electrons. The summed E-state index contributed by atoms with van der Waals surface area (Å²) in [5.74, 6) is 0.601. The monoisotopic (exact) mass is 312 g/mol. The number of hydrogen-bond donors (Lipinski definition) is 1. The highest BCUT2D eigenvalue weighted by Gasteiger charge is 2.09. The third kappa shape index (κ3) is 2.99. The summed E-state index contributed by atoms with van der Waals surface area (Å²) in [4.78, 5) is 20.4. The van der Waals surface area contributed by atoms with Crippen molar-refractivity contribution in [2.45, 2.75) is 0 Å². The zero-order valence-corrected chi connectivity index (χ0v) is 12.6. The number of amides is 1. The number of aromatic nitrogens is 3. The molecular formula is C16H13ClN4O. The van der Waals surface area contributed by atoms with Crippen LogP contribution in [-0.4, -0.2) is 20.4 Å². The summed E-state index contributed by atoms with van der Waals surface area (Å²) in [5.41, 5.74) is 2.08. The van der Waals surface area contributed by atoms with Gasteiger partial charge in [0.05, 0.1) is 0 Å². The highest BCUT2D eigenvalue weighted by Crippen LogP contribution is 2.21. The highest BCUT2D eigenvalue weighted by molar-refractivity contribution is 6.29. The summed E-state index contributed by atoms with van der Waals surface area (Å²) in [7, 11) is 1.92. The van der Waals surface area contributed by atoms with Gasteiger partial charge < -0.3 is 9.88 Å². The van der Waals surface area contributed by atoms with E-state index in [-0.39, 0.29) is 11.1 Å². The number of halogens is 1. The summed E-state index contributed by atoms with van der Waals surface area (Å²) in [6.07, 6.45) is 5.11. The van der Waals surface area contributed by atoms with Gasteiger partial charge >= 0.3 is 0 Å². The van der Waals surface area contributed by atoms with Crippen LogP contribution in [0.1, 0.15) is 10.4 Å². The maximum absolute atomic E-state index is 12.2. The molecule has 0 atom stereocenters. The van der Waals surface area contributed by atoms with E-state index >= 15 is 0 Å². The van der Waals surface area contributed by atoms with E-state index in [1.165, 1.54) is 12.3 Å². The van der Waals surface area contributed by atoms with Gasteiger partial charge in [0.1, 0.15) is 11.0 Å². The number of pyridine rings is 1. The molecule has 0 aliphatic rings. The van der Waals surface area contributed by atoms with Crippen molar-refractivity contribution in [1.82, 2.24) is 14.5 Å². The normalized spacial score (nSPS) is 10.5. The lowest BCUT2D eigenvalue weighted by molar-refractivity contribution is 0.102. The second kappa shape index (κ2) is 5.99. The van der Waals surface area contributed by atoms with Crippen molar-refractivity contribution in [2.24, 2.45) is 7.05 Å². The maximum atomic E-state index is 12.2. The van der Waals surface area contributed by atoms with Gasteiger partial charge in [-0.15, -0.1) is 0 Å². The molecule has 2 heterocycles. The number of benzene rings is 1. The van der Waals surface area contributed by atoms with Gasteiger partial charge in [0.25, 0.3) is 5.91 Å². The van der Waals surface area contributed by atoms with E-state index in [4.69, 9.17) is 11.6 Å². The van der Waals surface area contributed by atoms with Crippen LogP contribution in [0, 0.1) is 0 Å². The second-order valence-corrected chi connectivity index (χ2v) is 5.15. The number of nitrogens with one attached hydrogen (secondary N) is 1. The molecule has 0 aliphatic heterocycles. The van der Waals surface area contributed by atoms with E-state index in [0.29, 0.717) is 11.3 Å². The Balaban J connectivity index is 1.84. The Morgan fingerprint density at radius 2 is 2.05 bits per heavy atom. The van der Waals surface area contributed by atoms with Gasteiger partial charge in [-0.1, -0.05) is 23.7 Å². The largest absolute Gasteiger partial charge is 0.334 e. The fraction of sp³-hybridized carbons (Fsp3) is 0.0625. The molecule has 3 rings (SSSR count). The molecule has 0 unspecified atom stereocenters. The number of hydrogen-bond acceptors (Lipinski definition) is 3. The first-order chi connectivity index (χ1) is 10.6. The smallest absolute Gasteiger partial charge is 0.255 e. The summed E-state index contributed by atoms with van der Waals surface area (Å²) in [5, 5.41) is 3.13. The minimum Gasteiger partial charge on any atom is -0.334 e. The molecule has 3 aromatic rings. The Hall–Kier alpha value is -2.66. The number of carbonyl (C=O) groups excluding carboxylic acids is 1. The summed E-state index contributed by atoms with van der Waals surface area (Å²) >= 11 is 5.80. The Labute approximate surface area is 132 Å². The molecule has 0 spiro atoms. The van der Waals surface area contributed by atoms with E-state index in [1.54, 1.807) is 12.3 Å². The van der Waals surface area contributed by atoms with Gasteiger partial charge in [-0.2, -0.15) is 0 Å². The van der Waals surface area contributed by atoms with Crippen LogP contribution in [0.15, 0.2) is 55.0 Å². The fourth-order valence-electron chi connectivity index (χ4n) is 2.13. The van der Waals surface area contributed by atoms with Gasteiger partial charge in [0.2, 0.25) is 0 Å². The van der Waals surface area contributed by atoms with E-state index in [2.05, 4.69) is 15.3 Å². The van der Waals surface area contributed by atoms with Crippen molar-refractivity contribution >= 4 is 23.2 Å². The number of rotatable bonds is 3. The Kier molecular flexibility index (Phi) is 3.89. The molecule has 0 aliphatic carbocycles.